The summed E-state index contributed by atoms with van der Waals surface area (Å²) in [5.74, 6) is -1.12. The third kappa shape index (κ3) is 3.61. The fourth-order valence-corrected chi connectivity index (χ4v) is 3.00. The molecule has 110 valence electrons. The Morgan fingerprint density at radius 1 is 1.32 bits per heavy atom. The van der Waals surface area contributed by atoms with Gasteiger partial charge in [0.1, 0.15) is 11.1 Å². The number of alkyl carbamates (subject to hydrolysis) is 1. The molecular formula is C14H25NO4. The van der Waals surface area contributed by atoms with Gasteiger partial charge in [-0.1, -0.05) is 20.8 Å². The van der Waals surface area contributed by atoms with E-state index in [1.54, 1.807) is 20.8 Å². The van der Waals surface area contributed by atoms with E-state index in [2.05, 4.69) is 5.32 Å². The number of hydrogen-bond donors (Lipinski definition) is 2. The Balaban J connectivity index is 2.91. The highest BCUT2D eigenvalue weighted by molar-refractivity contribution is 5.85. The zero-order valence-corrected chi connectivity index (χ0v) is 12.7. The Morgan fingerprint density at radius 3 is 2.16 bits per heavy atom. The number of ether oxygens (including phenoxy) is 1. The zero-order chi connectivity index (χ0) is 15.1. The summed E-state index contributed by atoms with van der Waals surface area (Å²) in [4.78, 5) is 23.5. The van der Waals surface area contributed by atoms with Gasteiger partial charge in [0.25, 0.3) is 0 Å². The van der Waals surface area contributed by atoms with Crippen LogP contribution in [0.1, 0.15) is 54.4 Å². The minimum absolute atomic E-state index is 0.104. The molecule has 0 spiro atoms. The highest BCUT2D eigenvalue weighted by Crippen LogP contribution is 2.47. The van der Waals surface area contributed by atoms with Crippen molar-refractivity contribution in [2.24, 2.45) is 11.3 Å². The zero-order valence-electron chi connectivity index (χ0n) is 12.7. The van der Waals surface area contributed by atoms with Gasteiger partial charge in [0.15, 0.2) is 0 Å². The van der Waals surface area contributed by atoms with Gasteiger partial charge in [0, 0.05) is 0 Å². The standard InChI is InChI=1S/C14H25NO4/c1-9-7-13(5,6)8-14(9,10(16)17)15-11(18)19-12(2,3)4/h9H,7-8H2,1-6H3,(H,15,18)(H,16,17)/t9-,14+/m1/s1. The van der Waals surface area contributed by atoms with E-state index in [1.165, 1.54) is 0 Å². The van der Waals surface area contributed by atoms with E-state index >= 15 is 0 Å². The molecule has 0 aromatic heterocycles. The summed E-state index contributed by atoms with van der Waals surface area (Å²) in [6.45, 7) is 11.2. The minimum atomic E-state index is -1.23. The monoisotopic (exact) mass is 271 g/mol. The van der Waals surface area contributed by atoms with Crippen molar-refractivity contribution >= 4 is 12.1 Å². The summed E-state index contributed by atoms with van der Waals surface area (Å²) in [7, 11) is 0. The lowest BCUT2D eigenvalue weighted by Crippen LogP contribution is -2.57. The second-order valence-corrected chi connectivity index (χ2v) is 7.35. The average Bonchev–Trinajstić information content (AvgIpc) is 2.33. The second-order valence-electron chi connectivity index (χ2n) is 7.35. The third-order valence-electron chi connectivity index (χ3n) is 3.56. The van der Waals surface area contributed by atoms with Crippen LogP contribution < -0.4 is 5.32 Å². The summed E-state index contributed by atoms with van der Waals surface area (Å²) in [5.41, 5.74) is -1.97. The maximum Gasteiger partial charge on any atom is 0.408 e. The smallest absolute Gasteiger partial charge is 0.408 e. The van der Waals surface area contributed by atoms with Crippen molar-refractivity contribution in [3.8, 4) is 0 Å². The summed E-state index contributed by atoms with van der Waals surface area (Å²) >= 11 is 0. The first-order valence-corrected chi connectivity index (χ1v) is 6.63. The Bertz CT molecular complexity index is 383. The SMILES string of the molecule is C[C@@H]1CC(C)(C)C[C@@]1(NC(=O)OC(C)(C)C)C(=O)O. The summed E-state index contributed by atoms with van der Waals surface area (Å²) in [6.07, 6.45) is 0.504. The Hall–Kier alpha value is -1.26. The van der Waals surface area contributed by atoms with Crippen LogP contribution in [-0.2, 0) is 9.53 Å². The van der Waals surface area contributed by atoms with Gasteiger partial charge in [0.05, 0.1) is 0 Å². The van der Waals surface area contributed by atoms with Crippen LogP contribution in [0.15, 0.2) is 0 Å². The van der Waals surface area contributed by atoms with E-state index in [9.17, 15) is 14.7 Å². The number of hydrogen-bond acceptors (Lipinski definition) is 3. The van der Waals surface area contributed by atoms with E-state index in [4.69, 9.17) is 4.74 Å². The molecule has 0 saturated heterocycles. The van der Waals surface area contributed by atoms with Crippen molar-refractivity contribution in [2.45, 2.75) is 65.5 Å². The molecule has 0 aromatic carbocycles. The largest absolute Gasteiger partial charge is 0.479 e. The molecule has 1 saturated carbocycles. The molecule has 0 unspecified atom stereocenters. The molecule has 1 rings (SSSR count). The van der Waals surface area contributed by atoms with Crippen molar-refractivity contribution in [2.75, 3.05) is 0 Å². The van der Waals surface area contributed by atoms with Crippen LogP contribution in [0.5, 0.6) is 0 Å². The molecule has 5 nitrogen and oxygen atoms in total. The normalized spacial score (nSPS) is 29.9. The number of rotatable bonds is 2. The molecule has 0 heterocycles. The molecule has 2 atom stereocenters. The van der Waals surface area contributed by atoms with Crippen LogP contribution in [0.4, 0.5) is 4.79 Å². The molecule has 19 heavy (non-hydrogen) atoms. The van der Waals surface area contributed by atoms with Crippen molar-refractivity contribution in [1.82, 2.24) is 5.32 Å². The Labute approximate surface area is 114 Å². The van der Waals surface area contributed by atoms with Gasteiger partial charge in [-0.25, -0.2) is 9.59 Å². The van der Waals surface area contributed by atoms with Gasteiger partial charge in [-0.05, 0) is 44.9 Å². The fourth-order valence-electron chi connectivity index (χ4n) is 3.00. The quantitative estimate of drug-likeness (QED) is 0.809. The van der Waals surface area contributed by atoms with Gasteiger partial charge in [-0.15, -0.1) is 0 Å². The third-order valence-corrected chi connectivity index (χ3v) is 3.56. The highest BCUT2D eigenvalue weighted by Gasteiger charge is 2.55. The lowest BCUT2D eigenvalue weighted by atomic mass is 9.86. The molecule has 0 aliphatic heterocycles. The predicted molar refractivity (Wildman–Crippen MR) is 71.9 cm³/mol. The van der Waals surface area contributed by atoms with Crippen LogP contribution in [0.3, 0.4) is 0 Å². The summed E-state index contributed by atoms with van der Waals surface area (Å²) in [6, 6.07) is 0. The molecule has 0 radical (unpaired) electrons. The van der Waals surface area contributed by atoms with Crippen LogP contribution in [0, 0.1) is 11.3 Å². The van der Waals surface area contributed by atoms with Crippen molar-refractivity contribution in [3.05, 3.63) is 0 Å². The van der Waals surface area contributed by atoms with Crippen LogP contribution in [0.2, 0.25) is 0 Å². The molecule has 1 amide bonds. The molecule has 5 heteroatoms. The van der Waals surface area contributed by atoms with Crippen molar-refractivity contribution in [3.63, 3.8) is 0 Å². The lowest BCUT2D eigenvalue weighted by molar-refractivity contribution is -0.146. The van der Waals surface area contributed by atoms with Crippen molar-refractivity contribution < 1.29 is 19.4 Å². The Kier molecular flexibility index (Phi) is 3.90. The van der Waals surface area contributed by atoms with Gasteiger partial charge in [-0.2, -0.15) is 0 Å². The lowest BCUT2D eigenvalue weighted by Gasteiger charge is -2.32. The summed E-state index contributed by atoms with van der Waals surface area (Å²) < 4.78 is 5.18. The predicted octanol–water partition coefficient (Wildman–Crippen LogP) is 2.79. The van der Waals surface area contributed by atoms with Crippen LogP contribution in [-0.4, -0.2) is 28.3 Å². The number of nitrogens with one attached hydrogen (secondary N) is 1. The van der Waals surface area contributed by atoms with E-state index in [-0.39, 0.29) is 11.3 Å². The van der Waals surface area contributed by atoms with Crippen molar-refractivity contribution in [1.29, 1.82) is 0 Å². The van der Waals surface area contributed by atoms with E-state index in [0.29, 0.717) is 6.42 Å². The van der Waals surface area contributed by atoms with E-state index in [0.717, 1.165) is 6.42 Å². The summed E-state index contributed by atoms with van der Waals surface area (Å²) in [5, 5.41) is 12.1. The molecule has 2 N–H and O–H groups in total. The maximum absolute atomic E-state index is 11.9. The van der Waals surface area contributed by atoms with Gasteiger partial charge < -0.3 is 15.2 Å². The van der Waals surface area contributed by atoms with Gasteiger partial charge >= 0.3 is 12.1 Å². The number of amides is 1. The first-order chi connectivity index (χ1) is 8.38. The van der Waals surface area contributed by atoms with Crippen LogP contribution >= 0.6 is 0 Å². The molecule has 1 aliphatic carbocycles. The highest BCUT2D eigenvalue weighted by atomic mass is 16.6. The van der Waals surface area contributed by atoms with Crippen LogP contribution in [0.25, 0.3) is 0 Å². The molecule has 0 bridgehead atoms. The molecule has 0 aromatic rings. The fraction of sp³-hybridized carbons (Fsp3) is 0.857. The molecule has 1 aliphatic rings. The Morgan fingerprint density at radius 2 is 1.84 bits per heavy atom. The van der Waals surface area contributed by atoms with E-state index in [1.807, 2.05) is 20.8 Å². The minimum Gasteiger partial charge on any atom is -0.479 e. The molecule has 1 fully saturated rings. The number of carbonyl (C=O) groups excluding carboxylic acids is 1. The number of aliphatic carboxylic acids is 1. The second kappa shape index (κ2) is 4.69. The topological polar surface area (TPSA) is 75.6 Å². The van der Waals surface area contributed by atoms with Gasteiger partial charge in [0.2, 0.25) is 0 Å². The van der Waals surface area contributed by atoms with E-state index < -0.39 is 23.2 Å². The maximum atomic E-state index is 11.9. The molecular weight excluding hydrogens is 246 g/mol. The first kappa shape index (κ1) is 15.8. The number of carboxylic acids is 1. The first-order valence-electron chi connectivity index (χ1n) is 6.63. The number of carbonyl (C=O) groups is 2. The average molecular weight is 271 g/mol. The number of carboxylic acid groups (broad SMARTS) is 1. The van der Waals surface area contributed by atoms with Gasteiger partial charge in [-0.3, -0.25) is 0 Å².